The first-order valence-electron chi connectivity index (χ1n) is 6.83. The fourth-order valence-corrected chi connectivity index (χ4v) is 1.93. The normalized spacial score (nSPS) is 11.0. The predicted octanol–water partition coefficient (Wildman–Crippen LogP) is 3.01. The molecular formula is C15H21FN2O3. The number of carboxylic acid groups (broad SMARTS) is 1. The highest BCUT2D eigenvalue weighted by Crippen LogP contribution is 2.20. The average Bonchev–Trinajstić information content (AvgIpc) is 2.39. The first-order chi connectivity index (χ1) is 9.76. The lowest BCUT2D eigenvalue weighted by Crippen LogP contribution is -2.50. The van der Waals surface area contributed by atoms with E-state index in [2.05, 4.69) is 5.32 Å². The van der Waals surface area contributed by atoms with Gasteiger partial charge in [-0.1, -0.05) is 12.1 Å². The van der Waals surface area contributed by atoms with Crippen molar-refractivity contribution in [3.8, 4) is 0 Å². The molecule has 0 bridgehead atoms. The summed E-state index contributed by atoms with van der Waals surface area (Å²) >= 11 is 0. The van der Waals surface area contributed by atoms with Crippen LogP contribution in [0.3, 0.4) is 0 Å². The number of rotatable bonds is 6. The van der Waals surface area contributed by atoms with Gasteiger partial charge in [0.1, 0.15) is 5.82 Å². The molecule has 21 heavy (non-hydrogen) atoms. The van der Waals surface area contributed by atoms with E-state index in [1.807, 2.05) is 0 Å². The second kappa shape index (κ2) is 7.06. The molecule has 1 rings (SSSR count). The topological polar surface area (TPSA) is 69.6 Å². The molecule has 6 heteroatoms. The lowest BCUT2D eigenvalue weighted by Gasteiger charge is -2.30. The van der Waals surface area contributed by atoms with Crippen LogP contribution in [0.2, 0.25) is 0 Å². The highest BCUT2D eigenvalue weighted by molar-refractivity contribution is 5.92. The molecule has 0 saturated heterocycles. The smallest absolute Gasteiger partial charge is 0.322 e. The molecule has 0 spiro atoms. The molecule has 2 N–H and O–H groups in total. The zero-order valence-electron chi connectivity index (χ0n) is 12.5. The van der Waals surface area contributed by atoms with Gasteiger partial charge in [-0.3, -0.25) is 9.69 Å². The maximum absolute atomic E-state index is 13.8. The molecule has 0 unspecified atom stereocenters. The highest BCUT2D eigenvalue weighted by Gasteiger charge is 2.25. The summed E-state index contributed by atoms with van der Waals surface area (Å²) in [7, 11) is 0. The van der Waals surface area contributed by atoms with Gasteiger partial charge in [0.2, 0.25) is 0 Å². The second-order valence-corrected chi connectivity index (χ2v) is 5.40. The van der Waals surface area contributed by atoms with Crippen LogP contribution in [-0.4, -0.2) is 29.2 Å². The fraction of sp³-hybridized carbons (Fsp3) is 0.467. The zero-order chi connectivity index (χ0) is 16.0. The Bertz CT molecular complexity index is 517. The average molecular weight is 296 g/mol. The van der Waals surface area contributed by atoms with Crippen molar-refractivity contribution in [3.05, 3.63) is 30.1 Å². The summed E-state index contributed by atoms with van der Waals surface area (Å²) in [5.41, 5.74) is -0.486. The third-order valence-corrected chi connectivity index (χ3v) is 3.11. The molecule has 1 aromatic rings. The minimum atomic E-state index is -0.918. The quantitative estimate of drug-likeness (QED) is 0.847. The number of halogens is 1. The molecule has 0 saturated carbocycles. The molecule has 1 aromatic carbocycles. The molecule has 0 atom stereocenters. The van der Waals surface area contributed by atoms with Crippen LogP contribution in [0.15, 0.2) is 24.3 Å². The van der Waals surface area contributed by atoms with Gasteiger partial charge in [-0.15, -0.1) is 0 Å². The van der Waals surface area contributed by atoms with Gasteiger partial charge in [0, 0.05) is 18.5 Å². The van der Waals surface area contributed by atoms with Crippen LogP contribution in [-0.2, 0) is 4.79 Å². The number of nitrogens with one attached hydrogen (secondary N) is 1. The Morgan fingerprint density at radius 1 is 1.33 bits per heavy atom. The maximum Gasteiger partial charge on any atom is 0.322 e. The number of carbonyl (C=O) groups excluding carboxylic acids is 1. The summed E-state index contributed by atoms with van der Waals surface area (Å²) in [4.78, 5) is 24.2. The SMILES string of the molecule is CCN(C(=O)NC(C)(C)CCC(=O)O)c1ccccc1F. The van der Waals surface area contributed by atoms with Gasteiger partial charge in [-0.25, -0.2) is 9.18 Å². The molecular weight excluding hydrogens is 275 g/mol. The van der Waals surface area contributed by atoms with Crippen molar-refractivity contribution < 1.29 is 19.1 Å². The second-order valence-electron chi connectivity index (χ2n) is 5.40. The summed E-state index contributed by atoms with van der Waals surface area (Å²) in [6, 6.07) is 5.59. The molecule has 2 amide bonds. The number of hydrogen-bond donors (Lipinski definition) is 2. The molecule has 116 valence electrons. The molecule has 0 aliphatic rings. The standard InChI is InChI=1S/C15H21FN2O3/c1-4-18(12-8-6-5-7-11(12)16)14(21)17-15(2,3)10-9-13(19)20/h5-8H,4,9-10H2,1-3H3,(H,17,21)(H,19,20). The number of hydrogen-bond acceptors (Lipinski definition) is 2. The number of anilines is 1. The summed E-state index contributed by atoms with van der Waals surface area (Å²) in [5, 5.41) is 11.5. The third kappa shape index (κ3) is 5.06. The Balaban J connectivity index is 2.80. The van der Waals surface area contributed by atoms with E-state index in [0.29, 0.717) is 13.0 Å². The number of nitrogens with zero attached hydrogens (tertiary/aromatic N) is 1. The van der Waals surface area contributed by atoms with Crippen LogP contribution in [0, 0.1) is 5.82 Å². The minimum Gasteiger partial charge on any atom is -0.481 e. The minimum absolute atomic E-state index is 0.0426. The summed E-state index contributed by atoms with van der Waals surface area (Å²) in [6.45, 7) is 5.53. The van der Waals surface area contributed by atoms with Gasteiger partial charge < -0.3 is 10.4 Å². The number of urea groups is 1. The van der Waals surface area contributed by atoms with Gasteiger partial charge in [-0.2, -0.15) is 0 Å². The van der Waals surface area contributed by atoms with Crippen molar-refractivity contribution in [2.75, 3.05) is 11.4 Å². The van der Waals surface area contributed by atoms with Crippen LogP contribution >= 0.6 is 0 Å². The predicted molar refractivity (Wildman–Crippen MR) is 78.9 cm³/mol. The maximum atomic E-state index is 13.8. The van der Waals surface area contributed by atoms with Crippen molar-refractivity contribution in [2.45, 2.75) is 39.2 Å². The molecule has 0 fully saturated rings. The van der Waals surface area contributed by atoms with E-state index in [1.165, 1.54) is 17.0 Å². The van der Waals surface area contributed by atoms with Crippen LogP contribution in [0.5, 0.6) is 0 Å². The first-order valence-corrected chi connectivity index (χ1v) is 6.83. The lowest BCUT2D eigenvalue weighted by atomic mass is 9.99. The van der Waals surface area contributed by atoms with Crippen LogP contribution in [0.1, 0.15) is 33.6 Å². The van der Waals surface area contributed by atoms with Crippen molar-refractivity contribution in [2.24, 2.45) is 0 Å². The number of carbonyl (C=O) groups is 2. The molecule has 0 heterocycles. The van der Waals surface area contributed by atoms with Crippen molar-refractivity contribution in [3.63, 3.8) is 0 Å². The molecule has 0 aliphatic heterocycles. The summed E-state index contributed by atoms with van der Waals surface area (Å²) in [5.74, 6) is -1.39. The van der Waals surface area contributed by atoms with Gasteiger partial charge in [-0.05, 0) is 39.3 Å². The molecule has 0 aliphatic carbocycles. The zero-order valence-corrected chi connectivity index (χ0v) is 12.5. The van der Waals surface area contributed by atoms with E-state index in [-0.39, 0.29) is 12.1 Å². The number of aliphatic carboxylic acids is 1. The first kappa shape index (κ1) is 16.9. The molecule has 0 radical (unpaired) electrons. The van der Waals surface area contributed by atoms with Crippen molar-refractivity contribution in [1.29, 1.82) is 0 Å². The largest absolute Gasteiger partial charge is 0.481 e. The van der Waals surface area contributed by atoms with Gasteiger partial charge in [0.05, 0.1) is 5.69 Å². The summed E-state index contributed by atoms with van der Waals surface area (Å²) < 4.78 is 13.8. The number of amides is 2. The van der Waals surface area contributed by atoms with E-state index < -0.39 is 23.4 Å². The Morgan fingerprint density at radius 3 is 2.48 bits per heavy atom. The van der Waals surface area contributed by atoms with E-state index in [1.54, 1.807) is 32.9 Å². The van der Waals surface area contributed by atoms with E-state index >= 15 is 0 Å². The Morgan fingerprint density at radius 2 is 1.95 bits per heavy atom. The van der Waals surface area contributed by atoms with Crippen LogP contribution in [0.4, 0.5) is 14.9 Å². The molecule has 0 aromatic heterocycles. The summed E-state index contributed by atoms with van der Waals surface area (Å²) in [6.07, 6.45) is 0.252. The van der Waals surface area contributed by atoms with Gasteiger partial charge >= 0.3 is 12.0 Å². The van der Waals surface area contributed by atoms with Crippen LogP contribution in [0.25, 0.3) is 0 Å². The van der Waals surface area contributed by atoms with Gasteiger partial charge in [0.15, 0.2) is 0 Å². The van der Waals surface area contributed by atoms with E-state index in [9.17, 15) is 14.0 Å². The Hall–Kier alpha value is -2.11. The van der Waals surface area contributed by atoms with Crippen molar-refractivity contribution >= 4 is 17.7 Å². The molecule has 5 nitrogen and oxygen atoms in total. The lowest BCUT2D eigenvalue weighted by molar-refractivity contribution is -0.137. The Kier molecular flexibility index (Phi) is 5.69. The van der Waals surface area contributed by atoms with E-state index in [0.717, 1.165) is 0 Å². The monoisotopic (exact) mass is 296 g/mol. The van der Waals surface area contributed by atoms with E-state index in [4.69, 9.17) is 5.11 Å². The number of benzene rings is 1. The number of para-hydroxylation sites is 1. The van der Waals surface area contributed by atoms with Crippen LogP contribution < -0.4 is 10.2 Å². The van der Waals surface area contributed by atoms with Gasteiger partial charge in [0.25, 0.3) is 0 Å². The third-order valence-electron chi connectivity index (χ3n) is 3.11. The Labute approximate surface area is 123 Å². The fourth-order valence-electron chi connectivity index (χ4n) is 1.93. The van der Waals surface area contributed by atoms with Crippen molar-refractivity contribution in [1.82, 2.24) is 5.32 Å². The highest BCUT2D eigenvalue weighted by atomic mass is 19.1. The number of carboxylic acids is 1.